The number of hydrogen-bond acceptors (Lipinski definition) is 1. The third-order valence-corrected chi connectivity index (χ3v) is 3.37. The van der Waals surface area contributed by atoms with Crippen LogP contribution in [0.15, 0.2) is 36.4 Å². The summed E-state index contributed by atoms with van der Waals surface area (Å²) in [6.07, 6.45) is 0.122. The number of hydrogen-bond donors (Lipinski definition) is 1. The van der Waals surface area contributed by atoms with Crippen LogP contribution < -0.4 is 5.32 Å². The number of halogens is 4. The van der Waals surface area contributed by atoms with Crippen LogP contribution >= 0.6 is 11.6 Å². The Morgan fingerprint density at radius 2 is 1.70 bits per heavy atom. The van der Waals surface area contributed by atoms with Gasteiger partial charge in [-0.2, -0.15) is 0 Å². The minimum atomic E-state index is -0.660. The third-order valence-electron chi connectivity index (χ3n) is 3.14. The Labute approximate surface area is 120 Å². The standard InChI is InChI=1S/C15H13ClF3N/c1-20-14(15-11(17)3-2-4-12(15)18)7-9-5-6-10(16)8-13(9)19/h2-6,8,14,20H,7H2,1H3. The minimum Gasteiger partial charge on any atom is -0.313 e. The van der Waals surface area contributed by atoms with Crippen molar-refractivity contribution < 1.29 is 13.2 Å². The third kappa shape index (κ3) is 3.14. The van der Waals surface area contributed by atoms with Gasteiger partial charge in [0.25, 0.3) is 0 Å². The van der Waals surface area contributed by atoms with Crippen LogP contribution in [0, 0.1) is 17.5 Å². The number of rotatable bonds is 4. The van der Waals surface area contributed by atoms with Gasteiger partial charge in [0.2, 0.25) is 0 Å². The fourth-order valence-electron chi connectivity index (χ4n) is 2.10. The molecule has 2 rings (SSSR count). The highest BCUT2D eigenvalue weighted by Gasteiger charge is 2.20. The van der Waals surface area contributed by atoms with Crippen molar-refractivity contribution in [1.82, 2.24) is 5.32 Å². The summed E-state index contributed by atoms with van der Waals surface area (Å²) in [5.41, 5.74) is 0.251. The zero-order valence-corrected chi connectivity index (χ0v) is 11.5. The van der Waals surface area contributed by atoms with E-state index < -0.39 is 23.5 Å². The second-order valence-corrected chi connectivity index (χ2v) is 4.85. The number of likely N-dealkylation sites (N-methyl/N-ethyl adjacent to an activating group) is 1. The molecule has 20 heavy (non-hydrogen) atoms. The van der Waals surface area contributed by atoms with Crippen LogP contribution in [0.1, 0.15) is 17.2 Å². The molecule has 0 aliphatic carbocycles. The summed E-state index contributed by atoms with van der Waals surface area (Å²) in [7, 11) is 1.57. The topological polar surface area (TPSA) is 12.0 Å². The molecule has 0 heterocycles. The fourth-order valence-corrected chi connectivity index (χ4v) is 2.26. The first kappa shape index (κ1) is 14.9. The summed E-state index contributed by atoms with van der Waals surface area (Å²) in [4.78, 5) is 0. The molecule has 5 heteroatoms. The zero-order chi connectivity index (χ0) is 14.7. The summed E-state index contributed by atoms with van der Waals surface area (Å²) in [5, 5.41) is 3.09. The van der Waals surface area contributed by atoms with Crippen molar-refractivity contribution in [1.29, 1.82) is 0 Å². The lowest BCUT2D eigenvalue weighted by molar-refractivity contribution is 0.482. The van der Waals surface area contributed by atoms with Gasteiger partial charge in [-0.15, -0.1) is 0 Å². The Morgan fingerprint density at radius 3 is 2.25 bits per heavy atom. The van der Waals surface area contributed by atoms with E-state index in [0.29, 0.717) is 5.56 Å². The van der Waals surface area contributed by atoms with Crippen molar-refractivity contribution >= 4 is 11.6 Å². The van der Waals surface area contributed by atoms with Gasteiger partial charge in [-0.25, -0.2) is 13.2 Å². The van der Waals surface area contributed by atoms with Gasteiger partial charge in [0.05, 0.1) is 0 Å². The van der Waals surface area contributed by atoms with Crippen molar-refractivity contribution in [3.63, 3.8) is 0 Å². The van der Waals surface area contributed by atoms with Gasteiger partial charge in [-0.05, 0) is 43.3 Å². The van der Waals surface area contributed by atoms with Crippen LogP contribution in [0.25, 0.3) is 0 Å². The Kier molecular flexibility index (Phi) is 4.68. The molecular formula is C15H13ClF3N. The summed E-state index contributed by atoms with van der Waals surface area (Å²) >= 11 is 5.68. The summed E-state index contributed by atoms with van der Waals surface area (Å²) in [6, 6.07) is 7.24. The highest BCUT2D eigenvalue weighted by molar-refractivity contribution is 6.30. The van der Waals surface area contributed by atoms with E-state index in [1.165, 1.54) is 30.3 Å². The van der Waals surface area contributed by atoms with Gasteiger partial charge >= 0.3 is 0 Å². The van der Waals surface area contributed by atoms with E-state index in [1.54, 1.807) is 13.1 Å². The molecule has 2 aromatic rings. The molecule has 0 bridgehead atoms. The van der Waals surface area contributed by atoms with Gasteiger partial charge in [0.15, 0.2) is 0 Å². The Morgan fingerprint density at radius 1 is 1.05 bits per heavy atom. The summed E-state index contributed by atoms with van der Waals surface area (Å²) in [5.74, 6) is -1.80. The maximum absolute atomic E-state index is 13.8. The molecule has 0 spiro atoms. The average molecular weight is 300 g/mol. The molecule has 0 aliphatic heterocycles. The quantitative estimate of drug-likeness (QED) is 0.889. The molecule has 1 atom stereocenters. The molecule has 0 saturated carbocycles. The van der Waals surface area contributed by atoms with Crippen LogP contribution in [0.4, 0.5) is 13.2 Å². The Hall–Kier alpha value is -1.52. The second-order valence-electron chi connectivity index (χ2n) is 4.42. The first-order valence-electron chi connectivity index (χ1n) is 6.08. The van der Waals surface area contributed by atoms with Crippen LogP contribution in [0.2, 0.25) is 5.02 Å². The van der Waals surface area contributed by atoms with E-state index in [2.05, 4.69) is 5.32 Å². The van der Waals surface area contributed by atoms with Gasteiger partial charge in [-0.3, -0.25) is 0 Å². The predicted molar refractivity (Wildman–Crippen MR) is 73.3 cm³/mol. The second kappa shape index (κ2) is 6.29. The van der Waals surface area contributed by atoms with Crippen molar-refractivity contribution in [2.75, 3.05) is 7.05 Å². The highest BCUT2D eigenvalue weighted by atomic mass is 35.5. The molecular weight excluding hydrogens is 287 g/mol. The summed E-state index contributed by atoms with van der Waals surface area (Å²) in [6.45, 7) is 0. The van der Waals surface area contributed by atoms with Crippen molar-refractivity contribution in [3.8, 4) is 0 Å². The van der Waals surface area contributed by atoms with Crippen LogP contribution in [0.5, 0.6) is 0 Å². The zero-order valence-electron chi connectivity index (χ0n) is 10.8. The van der Waals surface area contributed by atoms with Crippen molar-refractivity contribution in [2.24, 2.45) is 0 Å². The number of nitrogens with one attached hydrogen (secondary N) is 1. The molecule has 2 aromatic carbocycles. The fraction of sp³-hybridized carbons (Fsp3) is 0.200. The number of benzene rings is 2. The Balaban J connectivity index is 2.34. The largest absolute Gasteiger partial charge is 0.313 e. The van der Waals surface area contributed by atoms with E-state index in [0.717, 1.165) is 0 Å². The van der Waals surface area contributed by atoms with Crippen LogP contribution in [0.3, 0.4) is 0 Å². The lowest BCUT2D eigenvalue weighted by Gasteiger charge is -2.18. The first-order valence-corrected chi connectivity index (χ1v) is 6.46. The molecule has 0 fully saturated rings. The molecule has 0 saturated heterocycles. The van der Waals surface area contributed by atoms with E-state index >= 15 is 0 Å². The Bertz CT molecular complexity index is 596. The van der Waals surface area contributed by atoms with Crippen molar-refractivity contribution in [2.45, 2.75) is 12.5 Å². The molecule has 0 radical (unpaired) electrons. The monoisotopic (exact) mass is 299 g/mol. The molecule has 0 aromatic heterocycles. The summed E-state index contributed by atoms with van der Waals surface area (Å²) < 4.78 is 41.3. The highest BCUT2D eigenvalue weighted by Crippen LogP contribution is 2.25. The average Bonchev–Trinajstić information content (AvgIpc) is 2.39. The smallest absolute Gasteiger partial charge is 0.130 e. The van der Waals surface area contributed by atoms with Crippen LogP contribution in [-0.4, -0.2) is 7.05 Å². The SMILES string of the molecule is CNC(Cc1ccc(Cl)cc1F)c1c(F)cccc1F. The van der Waals surface area contributed by atoms with Crippen LogP contribution in [-0.2, 0) is 6.42 Å². The maximum atomic E-state index is 13.8. The molecule has 0 aliphatic rings. The van der Waals surface area contributed by atoms with E-state index in [4.69, 9.17) is 11.6 Å². The minimum absolute atomic E-state index is 0.0932. The van der Waals surface area contributed by atoms with E-state index in [9.17, 15) is 13.2 Å². The first-order chi connectivity index (χ1) is 9.52. The van der Waals surface area contributed by atoms with Gasteiger partial charge < -0.3 is 5.32 Å². The lowest BCUT2D eigenvalue weighted by atomic mass is 9.97. The molecule has 106 valence electrons. The molecule has 1 unspecified atom stereocenters. The molecule has 1 N–H and O–H groups in total. The molecule has 1 nitrogen and oxygen atoms in total. The lowest BCUT2D eigenvalue weighted by Crippen LogP contribution is -2.22. The van der Waals surface area contributed by atoms with Crippen molar-refractivity contribution in [3.05, 3.63) is 70.0 Å². The van der Waals surface area contributed by atoms with Gasteiger partial charge in [0, 0.05) is 16.6 Å². The van der Waals surface area contributed by atoms with E-state index in [1.807, 2.05) is 0 Å². The predicted octanol–water partition coefficient (Wildman–Crippen LogP) is 4.26. The van der Waals surface area contributed by atoms with E-state index in [-0.39, 0.29) is 17.0 Å². The van der Waals surface area contributed by atoms with Gasteiger partial charge in [-0.1, -0.05) is 23.7 Å². The molecule has 0 amide bonds. The van der Waals surface area contributed by atoms with Gasteiger partial charge in [0.1, 0.15) is 17.5 Å². The normalized spacial score (nSPS) is 12.4. The maximum Gasteiger partial charge on any atom is 0.130 e.